The normalized spacial score (nSPS) is 9.78. The van der Waals surface area contributed by atoms with E-state index < -0.39 is 0 Å². The SMILES string of the molecule is COC(=O)C(C)(C)C.[Zn]. The van der Waals surface area contributed by atoms with Crippen molar-refractivity contribution in [2.45, 2.75) is 20.8 Å². The molecule has 0 unspecified atom stereocenters. The topological polar surface area (TPSA) is 26.3 Å². The summed E-state index contributed by atoms with van der Waals surface area (Å²) in [7, 11) is 1.40. The number of carbonyl (C=O) groups is 1. The molecule has 0 aromatic carbocycles. The molecule has 50 valence electrons. The molecule has 0 heterocycles. The van der Waals surface area contributed by atoms with Crippen molar-refractivity contribution < 1.29 is 29.0 Å². The van der Waals surface area contributed by atoms with Gasteiger partial charge in [0.25, 0.3) is 0 Å². The molecule has 2 nitrogen and oxygen atoms in total. The number of ether oxygens (including phenoxy) is 1. The molecule has 0 aromatic rings. The first-order valence-electron chi connectivity index (χ1n) is 2.57. The average Bonchev–Trinajstić information content (AvgIpc) is 1.62. The molecule has 0 rings (SSSR count). The molecule has 0 aliphatic carbocycles. The fourth-order valence-electron chi connectivity index (χ4n) is 0.306. The zero-order valence-corrected chi connectivity index (χ0v) is 9.49. The summed E-state index contributed by atoms with van der Waals surface area (Å²) in [5, 5.41) is 0. The minimum absolute atomic E-state index is 0. The molecule has 9 heavy (non-hydrogen) atoms. The fourth-order valence-corrected chi connectivity index (χ4v) is 0.306. The number of carbonyl (C=O) groups excluding carboxylic acids is 1. The zero-order valence-electron chi connectivity index (χ0n) is 6.52. The van der Waals surface area contributed by atoms with Gasteiger partial charge in [-0.2, -0.15) is 0 Å². The van der Waals surface area contributed by atoms with Crippen molar-refractivity contribution in [1.29, 1.82) is 0 Å². The summed E-state index contributed by atoms with van der Waals surface area (Å²) in [5.74, 6) is -0.169. The number of hydrogen-bond acceptors (Lipinski definition) is 2. The Morgan fingerprint density at radius 3 is 1.67 bits per heavy atom. The van der Waals surface area contributed by atoms with Gasteiger partial charge in [-0.15, -0.1) is 0 Å². The van der Waals surface area contributed by atoms with Gasteiger partial charge in [-0.3, -0.25) is 4.79 Å². The summed E-state index contributed by atoms with van der Waals surface area (Å²) in [5.41, 5.74) is -0.352. The second kappa shape index (κ2) is 4.00. The number of rotatable bonds is 0. The van der Waals surface area contributed by atoms with Crippen molar-refractivity contribution in [2.24, 2.45) is 5.41 Å². The Hall–Kier alpha value is 0.0934. The molecular weight excluding hydrogens is 169 g/mol. The Bertz CT molecular complexity index is 93.7. The molecule has 0 spiro atoms. The van der Waals surface area contributed by atoms with Crippen LogP contribution in [0, 0.1) is 5.41 Å². The standard InChI is InChI=1S/C6H12O2.Zn/c1-6(2,3)5(7)8-4;/h1-4H3;. The quantitative estimate of drug-likeness (QED) is 0.415. The maximum atomic E-state index is 10.6. The number of esters is 1. The molecule has 0 atom stereocenters. The van der Waals surface area contributed by atoms with Gasteiger partial charge < -0.3 is 4.74 Å². The second-order valence-corrected chi connectivity index (χ2v) is 2.74. The van der Waals surface area contributed by atoms with Gasteiger partial charge in [0.05, 0.1) is 12.5 Å². The van der Waals surface area contributed by atoms with Crippen LogP contribution in [0.4, 0.5) is 0 Å². The summed E-state index contributed by atoms with van der Waals surface area (Å²) in [6.45, 7) is 5.45. The molecule has 0 aliphatic heterocycles. The van der Waals surface area contributed by atoms with Gasteiger partial charge in [-0.25, -0.2) is 0 Å². The van der Waals surface area contributed by atoms with E-state index in [9.17, 15) is 4.79 Å². The molecule has 0 amide bonds. The summed E-state index contributed by atoms with van der Waals surface area (Å²) in [6, 6.07) is 0. The second-order valence-electron chi connectivity index (χ2n) is 2.74. The van der Waals surface area contributed by atoms with Crippen molar-refractivity contribution in [2.75, 3.05) is 7.11 Å². The largest absolute Gasteiger partial charge is 0.469 e. The van der Waals surface area contributed by atoms with Crippen molar-refractivity contribution in [1.82, 2.24) is 0 Å². The molecule has 0 N–H and O–H groups in total. The van der Waals surface area contributed by atoms with E-state index in [1.165, 1.54) is 7.11 Å². The molecule has 0 fully saturated rings. The Morgan fingerprint density at radius 1 is 1.33 bits per heavy atom. The van der Waals surface area contributed by atoms with E-state index in [2.05, 4.69) is 4.74 Å². The monoisotopic (exact) mass is 180 g/mol. The number of methoxy groups -OCH3 is 1. The Labute approximate surface area is 68.7 Å². The van der Waals surface area contributed by atoms with Gasteiger partial charge in [0.15, 0.2) is 0 Å². The van der Waals surface area contributed by atoms with Crippen LogP contribution in [0.15, 0.2) is 0 Å². The summed E-state index contributed by atoms with van der Waals surface area (Å²) < 4.78 is 4.48. The van der Waals surface area contributed by atoms with Crippen LogP contribution >= 0.6 is 0 Å². The third-order valence-electron chi connectivity index (χ3n) is 0.798. The maximum absolute atomic E-state index is 10.6. The minimum Gasteiger partial charge on any atom is -0.469 e. The van der Waals surface area contributed by atoms with Crippen LogP contribution in [0.3, 0.4) is 0 Å². The third kappa shape index (κ3) is 4.59. The van der Waals surface area contributed by atoms with E-state index >= 15 is 0 Å². The molecule has 0 aromatic heterocycles. The third-order valence-corrected chi connectivity index (χ3v) is 0.798. The zero-order chi connectivity index (χ0) is 6.78. The molecule has 0 aliphatic rings. The predicted molar refractivity (Wildman–Crippen MR) is 31.5 cm³/mol. The number of hydrogen-bond donors (Lipinski definition) is 0. The van der Waals surface area contributed by atoms with Gasteiger partial charge in [0, 0.05) is 19.5 Å². The average molecular weight is 182 g/mol. The molecular formula is C6H12O2Zn. The van der Waals surface area contributed by atoms with Crippen LogP contribution in [-0.4, -0.2) is 13.1 Å². The van der Waals surface area contributed by atoms with E-state index in [1.54, 1.807) is 0 Å². The van der Waals surface area contributed by atoms with E-state index in [0.29, 0.717) is 0 Å². The molecule has 3 heteroatoms. The van der Waals surface area contributed by atoms with Crippen LogP contribution in [0.5, 0.6) is 0 Å². The molecule has 0 saturated carbocycles. The summed E-state index contributed by atoms with van der Waals surface area (Å²) in [6.07, 6.45) is 0. The molecule has 0 bridgehead atoms. The van der Waals surface area contributed by atoms with E-state index in [0.717, 1.165) is 0 Å². The Kier molecular flexibility index (Phi) is 5.26. The van der Waals surface area contributed by atoms with Crippen LogP contribution < -0.4 is 0 Å². The summed E-state index contributed by atoms with van der Waals surface area (Å²) in [4.78, 5) is 10.6. The van der Waals surface area contributed by atoms with Crippen molar-refractivity contribution in [3.63, 3.8) is 0 Å². The van der Waals surface area contributed by atoms with Crippen molar-refractivity contribution in [3.8, 4) is 0 Å². The summed E-state index contributed by atoms with van der Waals surface area (Å²) >= 11 is 0. The fraction of sp³-hybridized carbons (Fsp3) is 0.833. The van der Waals surface area contributed by atoms with E-state index in [1.807, 2.05) is 20.8 Å². The van der Waals surface area contributed by atoms with Crippen LogP contribution in [-0.2, 0) is 29.0 Å². The predicted octanol–water partition coefficient (Wildman–Crippen LogP) is 1.20. The first kappa shape index (κ1) is 11.8. The molecule has 0 radical (unpaired) electrons. The first-order valence-corrected chi connectivity index (χ1v) is 2.57. The van der Waals surface area contributed by atoms with Gasteiger partial charge in [-0.1, -0.05) is 0 Å². The maximum Gasteiger partial charge on any atom is 0.310 e. The van der Waals surface area contributed by atoms with Crippen LogP contribution in [0.1, 0.15) is 20.8 Å². The van der Waals surface area contributed by atoms with E-state index in [-0.39, 0.29) is 30.9 Å². The first-order chi connectivity index (χ1) is 3.48. The smallest absolute Gasteiger partial charge is 0.310 e. The van der Waals surface area contributed by atoms with Crippen LogP contribution in [0.25, 0.3) is 0 Å². The van der Waals surface area contributed by atoms with E-state index in [4.69, 9.17) is 0 Å². The van der Waals surface area contributed by atoms with Gasteiger partial charge in [-0.05, 0) is 20.8 Å². The van der Waals surface area contributed by atoms with Crippen LogP contribution in [0.2, 0.25) is 0 Å². The minimum atomic E-state index is -0.352. The van der Waals surface area contributed by atoms with Crippen molar-refractivity contribution in [3.05, 3.63) is 0 Å². The van der Waals surface area contributed by atoms with Gasteiger partial charge >= 0.3 is 5.97 Å². The Balaban J connectivity index is 0. The Morgan fingerprint density at radius 2 is 1.67 bits per heavy atom. The van der Waals surface area contributed by atoms with Gasteiger partial charge in [0.2, 0.25) is 0 Å². The molecule has 0 saturated heterocycles. The van der Waals surface area contributed by atoms with Crippen molar-refractivity contribution >= 4 is 5.97 Å². The van der Waals surface area contributed by atoms with Gasteiger partial charge in [0.1, 0.15) is 0 Å².